The summed E-state index contributed by atoms with van der Waals surface area (Å²) in [5.41, 5.74) is 6.43. The second-order valence-corrected chi connectivity index (χ2v) is 5.33. The monoisotopic (exact) mass is 401 g/mol. The van der Waals surface area contributed by atoms with Gasteiger partial charge >= 0.3 is 18.5 Å². The third-order valence-electron chi connectivity index (χ3n) is 3.21. The molecule has 0 unspecified atom stereocenters. The fourth-order valence-corrected chi connectivity index (χ4v) is 1.98. The molecule has 2 aromatic carbocycles. The molecule has 0 fully saturated rings. The summed E-state index contributed by atoms with van der Waals surface area (Å²) in [6, 6.07) is 8.70. The van der Waals surface area contributed by atoms with Crippen LogP contribution in [-0.2, 0) is 0 Å². The molecule has 0 amide bonds. The molecule has 0 aromatic heterocycles. The molecule has 0 aliphatic carbocycles. The Kier molecular flexibility index (Phi) is 5.43. The Morgan fingerprint density at radius 1 is 0.778 bits per heavy atom. The maximum absolute atomic E-state index is 13.0. The molecule has 2 N–H and O–H groups in total. The van der Waals surface area contributed by atoms with Gasteiger partial charge in [-0.25, -0.2) is 0 Å². The van der Waals surface area contributed by atoms with E-state index < -0.39 is 36.6 Å². The molecule has 0 bridgehead atoms. The van der Waals surface area contributed by atoms with E-state index >= 15 is 0 Å². The summed E-state index contributed by atoms with van der Waals surface area (Å²) in [5.74, 6) is -7.26. The molecule has 2 aromatic rings. The molecule has 3 nitrogen and oxygen atoms in total. The van der Waals surface area contributed by atoms with Crippen LogP contribution in [-0.4, -0.2) is 25.1 Å². The first-order valence-corrected chi connectivity index (χ1v) is 7.11. The maximum Gasteiger partial charge on any atom is 0.573 e. The van der Waals surface area contributed by atoms with Gasteiger partial charge in [-0.1, -0.05) is 18.2 Å². The van der Waals surface area contributed by atoms with E-state index in [9.17, 15) is 35.1 Å². The van der Waals surface area contributed by atoms with E-state index in [0.717, 1.165) is 18.2 Å². The minimum Gasteiger partial charge on any atom is -0.483 e. The van der Waals surface area contributed by atoms with Crippen molar-refractivity contribution in [3.05, 3.63) is 42.5 Å². The number of hydrogen-bond donors (Lipinski definition) is 1. The van der Waals surface area contributed by atoms with Gasteiger partial charge in [0.1, 0.15) is 0 Å². The van der Waals surface area contributed by atoms with Crippen LogP contribution in [0.3, 0.4) is 0 Å². The van der Waals surface area contributed by atoms with Gasteiger partial charge in [0.15, 0.2) is 18.1 Å². The molecule has 0 saturated carbocycles. The van der Waals surface area contributed by atoms with Gasteiger partial charge in [-0.05, 0) is 35.4 Å². The Labute approximate surface area is 147 Å². The van der Waals surface area contributed by atoms with Gasteiger partial charge in [-0.15, -0.1) is 13.2 Å². The van der Waals surface area contributed by atoms with Crippen molar-refractivity contribution in [2.75, 3.05) is 12.3 Å². The van der Waals surface area contributed by atoms with Crippen LogP contribution in [0.25, 0.3) is 11.1 Å². The molecule has 0 spiro atoms. The van der Waals surface area contributed by atoms with E-state index in [1.807, 2.05) is 0 Å². The quantitative estimate of drug-likeness (QED) is 0.538. The summed E-state index contributed by atoms with van der Waals surface area (Å²) < 4.78 is 108. The number of nitrogens with two attached hydrogens (primary N) is 1. The highest BCUT2D eigenvalue weighted by molar-refractivity contribution is 5.70. The summed E-state index contributed by atoms with van der Waals surface area (Å²) in [7, 11) is 0. The first-order valence-electron chi connectivity index (χ1n) is 7.11. The standard InChI is InChI=1S/C16H11F8NO2/c17-14(18,15(19,20)21)8-26-13-7-10(9-2-1-3-11(25)6-9)4-5-12(13)27-16(22,23)24/h1-7H,8,25H2. The lowest BCUT2D eigenvalue weighted by atomic mass is 10.0. The zero-order valence-corrected chi connectivity index (χ0v) is 13.2. The van der Waals surface area contributed by atoms with Gasteiger partial charge < -0.3 is 15.2 Å². The van der Waals surface area contributed by atoms with E-state index in [1.165, 1.54) is 24.3 Å². The lowest BCUT2D eigenvalue weighted by Gasteiger charge is -2.21. The maximum atomic E-state index is 13.0. The smallest absolute Gasteiger partial charge is 0.483 e. The van der Waals surface area contributed by atoms with Crippen LogP contribution in [0.2, 0.25) is 0 Å². The Bertz CT molecular complexity index is 802. The zero-order valence-electron chi connectivity index (χ0n) is 13.2. The normalized spacial score (nSPS) is 12.7. The summed E-state index contributed by atoms with van der Waals surface area (Å²) >= 11 is 0. The Balaban J connectivity index is 2.39. The molecule has 0 heterocycles. The highest BCUT2D eigenvalue weighted by Crippen LogP contribution is 2.39. The van der Waals surface area contributed by atoms with Crippen LogP contribution >= 0.6 is 0 Å². The number of benzene rings is 2. The van der Waals surface area contributed by atoms with Crippen molar-refractivity contribution in [3.8, 4) is 22.6 Å². The molecule has 11 heteroatoms. The zero-order chi connectivity index (χ0) is 20.5. The van der Waals surface area contributed by atoms with Crippen molar-refractivity contribution in [2.24, 2.45) is 0 Å². The predicted octanol–water partition coefficient (Wildman–Crippen LogP) is 5.41. The second kappa shape index (κ2) is 7.12. The predicted molar refractivity (Wildman–Crippen MR) is 79.5 cm³/mol. The molecule has 0 radical (unpaired) electrons. The van der Waals surface area contributed by atoms with Crippen LogP contribution in [0.4, 0.5) is 40.8 Å². The fourth-order valence-electron chi connectivity index (χ4n) is 1.98. The molecular formula is C16H11F8NO2. The number of nitrogen functional groups attached to an aromatic ring is 1. The van der Waals surface area contributed by atoms with Crippen LogP contribution in [0.1, 0.15) is 0 Å². The van der Waals surface area contributed by atoms with Crippen molar-refractivity contribution < 1.29 is 44.6 Å². The summed E-state index contributed by atoms with van der Waals surface area (Å²) in [6.07, 6.45) is -11.1. The van der Waals surface area contributed by atoms with Gasteiger partial charge in [-0.2, -0.15) is 22.0 Å². The SMILES string of the molecule is Nc1cccc(-c2ccc(OC(F)(F)F)c(OCC(F)(F)C(F)(F)F)c2)c1. The number of anilines is 1. The third kappa shape index (κ3) is 5.38. The number of halogens is 8. The van der Waals surface area contributed by atoms with Crippen molar-refractivity contribution in [3.63, 3.8) is 0 Å². The van der Waals surface area contributed by atoms with Gasteiger partial charge in [-0.3, -0.25) is 0 Å². The van der Waals surface area contributed by atoms with Crippen molar-refractivity contribution in [1.29, 1.82) is 0 Å². The topological polar surface area (TPSA) is 44.5 Å². The fraction of sp³-hybridized carbons (Fsp3) is 0.250. The summed E-state index contributed by atoms with van der Waals surface area (Å²) in [4.78, 5) is 0. The van der Waals surface area contributed by atoms with Crippen LogP contribution in [0.5, 0.6) is 11.5 Å². The first-order chi connectivity index (χ1) is 12.3. The Hall–Kier alpha value is -2.72. The summed E-state index contributed by atoms with van der Waals surface area (Å²) in [6.45, 7) is -2.22. The molecule has 27 heavy (non-hydrogen) atoms. The highest BCUT2D eigenvalue weighted by atomic mass is 19.4. The van der Waals surface area contributed by atoms with E-state index in [-0.39, 0.29) is 5.56 Å². The number of ether oxygens (including phenoxy) is 2. The number of rotatable bonds is 5. The molecule has 2 rings (SSSR count). The number of hydrogen-bond acceptors (Lipinski definition) is 3. The molecule has 0 atom stereocenters. The number of alkyl halides is 8. The van der Waals surface area contributed by atoms with Gasteiger partial charge in [0, 0.05) is 5.69 Å². The van der Waals surface area contributed by atoms with E-state index in [4.69, 9.17) is 5.73 Å². The largest absolute Gasteiger partial charge is 0.573 e. The van der Waals surface area contributed by atoms with E-state index in [2.05, 4.69) is 9.47 Å². The molecule has 0 saturated heterocycles. The minimum atomic E-state index is -5.93. The highest BCUT2D eigenvalue weighted by Gasteiger charge is 2.58. The van der Waals surface area contributed by atoms with Crippen LogP contribution in [0, 0.1) is 0 Å². The molecule has 0 aliphatic rings. The van der Waals surface area contributed by atoms with Gasteiger partial charge in [0.25, 0.3) is 0 Å². The van der Waals surface area contributed by atoms with E-state index in [1.54, 1.807) is 0 Å². The molecular weight excluding hydrogens is 390 g/mol. The Morgan fingerprint density at radius 3 is 1.96 bits per heavy atom. The first kappa shape index (κ1) is 20.6. The van der Waals surface area contributed by atoms with E-state index in [0.29, 0.717) is 11.3 Å². The van der Waals surface area contributed by atoms with Crippen molar-refractivity contribution >= 4 is 5.69 Å². The summed E-state index contributed by atoms with van der Waals surface area (Å²) in [5, 5.41) is 0. The molecule has 0 aliphatic heterocycles. The van der Waals surface area contributed by atoms with Crippen LogP contribution in [0.15, 0.2) is 42.5 Å². The minimum absolute atomic E-state index is 0.169. The molecule has 148 valence electrons. The lowest BCUT2D eigenvalue weighted by molar-refractivity contribution is -0.291. The van der Waals surface area contributed by atoms with Gasteiger partial charge in [0.2, 0.25) is 0 Å². The van der Waals surface area contributed by atoms with Gasteiger partial charge in [0.05, 0.1) is 0 Å². The van der Waals surface area contributed by atoms with Crippen molar-refractivity contribution in [1.82, 2.24) is 0 Å². The van der Waals surface area contributed by atoms with Crippen molar-refractivity contribution in [2.45, 2.75) is 18.5 Å². The third-order valence-corrected chi connectivity index (χ3v) is 3.21. The Morgan fingerprint density at radius 2 is 1.41 bits per heavy atom. The average Bonchev–Trinajstić information content (AvgIpc) is 2.51. The second-order valence-electron chi connectivity index (χ2n) is 5.33. The van der Waals surface area contributed by atoms with Crippen LogP contribution < -0.4 is 15.2 Å². The lowest BCUT2D eigenvalue weighted by Crippen LogP contribution is -2.41. The average molecular weight is 401 g/mol.